The van der Waals surface area contributed by atoms with Crippen molar-refractivity contribution in [2.24, 2.45) is 0 Å². The maximum Gasteiger partial charge on any atom is 0.318 e. The Labute approximate surface area is 123 Å². The fourth-order valence-electron chi connectivity index (χ4n) is 2.04. The van der Waals surface area contributed by atoms with Crippen LogP contribution in [0.1, 0.15) is 26.7 Å². The summed E-state index contributed by atoms with van der Waals surface area (Å²) in [5, 5.41) is 14.0. The standard InChI is InChI=1S/C13H23N3O5/c1-3-4-14-12(19)10-8-21-6-5-16(10)13(20)15-9(2)7-11(17)18/h9-10H,3-8H2,1-2H3,(H,14,19)(H,15,20)(H,17,18). The zero-order chi connectivity index (χ0) is 15.8. The lowest BCUT2D eigenvalue weighted by molar-refractivity contribution is -0.137. The van der Waals surface area contributed by atoms with Crippen molar-refractivity contribution in [3.63, 3.8) is 0 Å². The van der Waals surface area contributed by atoms with Gasteiger partial charge in [0.15, 0.2) is 0 Å². The third-order valence-corrected chi connectivity index (χ3v) is 3.09. The van der Waals surface area contributed by atoms with E-state index < -0.39 is 24.1 Å². The van der Waals surface area contributed by atoms with Crippen LogP contribution in [0.2, 0.25) is 0 Å². The number of nitrogens with zero attached hydrogens (tertiary/aromatic N) is 1. The van der Waals surface area contributed by atoms with Gasteiger partial charge in [-0.1, -0.05) is 6.92 Å². The molecule has 3 amide bonds. The quantitative estimate of drug-likeness (QED) is 0.629. The summed E-state index contributed by atoms with van der Waals surface area (Å²) in [5.41, 5.74) is 0. The van der Waals surface area contributed by atoms with Crippen LogP contribution in [0, 0.1) is 0 Å². The van der Waals surface area contributed by atoms with Gasteiger partial charge in [-0.3, -0.25) is 9.59 Å². The van der Waals surface area contributed by atoms with Crippen LogP contribution in [0.15, 0.2) is 0 Å². The number of ether oxygens (including phenoxy) is 1. The van der Waals surface area contributed by atoms with Gasteiger partial charge in [-0.2, -0.15) is 0 Å². The van der Waals surface area contributed by atoms with Crippen LogP contribution in [0.25, 0.3) is 0 Å². The van der Waals surface area contributed by atoms with Gasteiger partial charge in [0.2, 0.25) is 5.91 Å². The molecule has 0 saturated carbocycles. The average Bonchev–Trinajstić information content (AvgIpc) is 2.43. The van der Waals surface area contributed by atoms with Crippen LogP contribution in [-0.2, 0) is 14.3 Å². The van der Waals surface area contributed by atoms with Crippen LogP contribution < -0.4 is 10.6 Å². The zero-order valence-electron chi connectivity index (χ0n) is 12.4. The van der Waals surface area contributed by atoms with E-state index in [9.17, 15) is 14.4 Å². The Morgan fingerprint density at radius 3 is 2.76 bits per heavy atom. The number of carbonyl (C=O) groups is 3. The number of hydrogen-bond acceptors (Lipinski definition) is 4. The molecule has 1 aliphatic heterocycles. The molecule has 1 rings (SSSR count). The first-order valence-electron chi connectivity index (χ1n) is 7.10. The topological polar surface area (TPSA) is 108 Å². The van der Waals surface area contributed by atoms with Crippen molar-refractivity contribution in [3.8, 4) is 0 Å². The molecule has 0 aliphatic carbocycles. The summed E-state index contributed by atoms with van der Waals surface area (Å²) in [6.07, 6.45) is 0.643. The second-order valence-corrected chi connectivity index (χ2v) is 5.02. The van der Waals surface area contributed by atoms with Crippen molar-refractivity contribution in [2.75, 3.05) is 26.3 Å². The summed E-state index contributed by atoms with van der Waals surface area (Å²) in [4.78, 5) is 36.2. The van der Waals surface area contributed by atoms with Gasteiger partial charge in [0.1, 0.15) is 6.04 Å². The maximum absolute atomic E-state index is 12.2. The molecule has 0 aromatic rings. The molecule has 0 aromatic heterocycles. The van der Waals surface area contributed by atoms with E-state index in [1.54, 1.807) is 6.92 Å². The van der Waals surface area contributed by atoms with Crippen molar-refractivity contribution >= 4 is 17.9 Å². The molecular formula is C13H23N3O5. The van der Waals surface area contributed by atoms with Gasteiger partial charge < -0.3 is 25.4 Å². The smallest absolute Gasteiger partial charge is 0.318 e. The summed E-state index contributed by atoms with van der Waals surface area (Å²) < 4.78 is 5.26. The number of carboxylic acids is 1. The summed E-state index contributed by atoms with van der Waals surface area (Å²) in [6.45, 7) is 4.90. The lowest BCUT2D eigenvalue weighted by Crippen LogP contribution is -2.59. The number of morpholine rings is 1. The molecule has 1 heterocycles. The van der Waals surface area contributed by atoms with Gasteiger partial charge in [0, 0.05) is 19.1 Å². The van der Waals surface area contributed by atoms with Crippen molar-refractivity contribution in [3.05, 3.63) is 0 Å². The number of urea groups is 1. The lowest BCUT2D eigenvalue weighted by atomic mass is 10.2. The molecule has 3 N–H and O–H groups in total. The van der Waals surface area contributed by atoms with Gasteiger partial charge in [-0.25, -0.2) is 4.79 Å². The van der Waals surface area contributed by atoms with E-state index in [0.29, 0.717) is 19.7 Å². The van der Waals surface area contributed by atoms with Gasteiger partial charge in [0.25, 0.3) is 0 Å². The van der Waals surface area contributed by atoms with Crippen molar-refractivity contribution < 1.29 is 24.2 Å². The molecular weight excluding hydrogens is 278 g/mol. The lowest BCUT2D eigenvalue weighted by Gasteiger charge is -2.35. The van der Waals surface area contributed by atoms with E-state index in [1.165, 1.54) is 4.90 Å². The third kappa shape index (κ3) is 5.58. The second-order valence-electron chi connectivity index (χ2n) is 5.02. The number of amides is 3. The molecule has 21 heavy (non-hydrogen) atoms. The number of nitrogens with one attached hydrogen (secondary N) is 2. The predicted octanol–water partition coefficient (Wildman–Crippen LogP) is -0.214. The molecule has 8 nitrogen and oxygen atoms in total. The van der Waals surface area contributed by atoms with Crippen LogP contribution in [0.5, 0.6) is 0 Å². The highest BCUT2D eigenvalue weighted by Gasteiger charge is 2.33. The van der Waals surface area contributed by atoms with Crippen LogP contribution >= 0.6 is 0 Å². The number of hydrogen-bond donors (Lipinski definition) is 3. The summed E-state index contributed by atoms with van der Waals surface area (Å²) >= 11 is 0. The minimum atomic E-state index is -0.984. The normalized spacial score (nSPS) is 19.7. The van der Waals surface area contributed by atoms with E-state index in [1.807, 2.05) is 6.92 Å². The first kappa shape index (κ1) is 17.2. The highest BCUT2D eigenvalue weighted by Crippen LogP contribution is 2.08. The number of aliphatic carboxylic acids is 1. The SMILES string of the molecule is CCCNC(=O)C1COCCN1C(=O)NC(C)CC(=O)O. The van der Waals surface area contributed by atoms with E-state index in [2.05, 4.69) is 10.6 Å². The summed E-state index contributed by atoms with van der Waals surface area (Å²) in [5.74, 6) is -1.24. The third-order valence-electron chi connectivity index (χ3n) is 3.09. The highest BCUT2D eigenvalue weighted by atomic mass is 16.5. The number of carboxylic acid groups (broad SMARTS) is 1. The van der Waals surface area contributed by atoms with Crippen molar-refractivity contribution in [1.82, 2.24) is 15.5 Å². The average molecular weight is 301 g/mol. The Bertz CT molecular complexity index is 388. The monoisotopic (exact) mass is 301 g/mol. The maximum atomic E-state index is 12.2. The molecule has 8 heteroatoms. The number of rotatable bonds is 6. The minimum Gasteiger partial charge on any atom is -0.481 e. The minimum absolute atomic E-state index is 0.149. The van der Waals surface area contributed by atoms with Gasteiger partial charge in [-0.05, 0) is 13.3 Å². The zero-order valence-corrected chi connectivity index (χ0v) is 12.4. The highest BCUT2D eigenvalue weighted by molar-refractivity contribution is 5.87. The van der Waals surface area contributed by atoms with Gasteiger partial charge in [0.05, 0.1) is 19.6 Å². The van der Waals surface area contributed by atoms with Gasteiger partial charge >= 0.3 is 12.0 Å². The van der Waals surface area contributed by atoms with Crippen molar-refractivity contribution in [2.45, 2.75) is 38.8 Å². The second kappa shape index (κ2) is 8.46. The van der Waals surface area contributed by atoms with Crippen LogP contribution in [0.4, 0.5) is 4.79 Å². The molecule has 0 bridgehead atoms. The molecule has 0 spiro atoms. The molecule has 2 unspecified atom stereocenters. The largest absolute Gasteiger partial charge is 0.481 e. The predicted molar refractivity (Wildman–Crippen MR) is 74.9 cm³/mol. The Morgan fingerprint density at radius 1 is 1.43 bits per heavy atom. The van der Waals surface area contributed by atoms with Gasteiger partial charge in [-0.15, -0.1) is 0 Å². The van der Waals surface area contributed by atoms with E-state index in [4.69, 9.17) is 9.84 Å². The molecule has 2 atom stereocenters. The van der Waals surface area contributed by atoms with Crippen LogP contribution in [-0.4, -0.2) is 66.3 Å². The summed E-state index contributed by atoms with van der Waals surface area (Å²) in [7, 11) is 0. The van der Waals surface area contributed by atoms with Crippen molar-refractivity contribution in [1.29, 1.82) is 0 Å². The first-order valence-corrected chi connectivity index (χ1v) is 7.10. The van der Waals surface area contributed by atoms with E-state index >= 15 is 0 Å². The van der Waals surface area contributed by atoms with E-state index in [-0.39, 0.29) is 18.9 Å². The molecule has 1 fully saturated rings. The summed E-state index contributed by atoms with van der Waals surface area (Å²) in [6, 6.07) is -1.62. The molecule has 1 aliphatic rings. The Balaban J connectivity index is 2.61. The molecule has 0 radical (unpaired) electrons. The Kier molecular flexibility index (Phi) is 6.93. The fraction of sp³-hybridized carbons (Fsp3) is 0.769. The first-order chi connectivity index (χ1) is 9.95. The fourth-order valence-corrected chi connectivity index (χ4v) is 2.04. The molecule has 0 aromatic carbocycles. The number of carbonyl (C=O) groups excluding carboxylic acids is 2. The molecule has 1 saturated heterocycles. The Morgan fingerprint density at radius 2 is 2.14 bits per heavy atom. The Hall–Kier alpha value is -1.83. The molecule has 120 valence electrons. The van der Waals surface area contributed by atoms with Crippen LogP contribution in [0.3, 0.4) is 0 Å². The van der Waals surface area contributed by atoms with E-state index in [0.717, 1.165) is 6.42 Å².